The summed E-state index contributed by atoms with van der Waals surface area (Å²) in [6, 6.07) is 10.0. The van der Waals surface area contributed by atoms with Gasteiger partial charge in [-0.2, -0.15) is 0 Å². The molecule has 0 saturated carbocycles. The Balaban J connectivity index is 2.02. The maximum absolute atomic E-state index is 4.30. The molecule has 18 heavy (non-hydrogen) atoms. The van der Waals surface area contributed by atoms with Crippen molar-refractivity contribution in [1.29, 1.82) is 0 Å². The molecule has 3 rings (SSSR count). The second-order valence-corrected chi connectivity index (χ2v) is 4.77. The van der Waals surface area contributed by atoms with Crippen LogP contribution in [-0.4, -0.2) is 25.3 Å². The third-order valence-electron chi connectivity index (χ3n) is 2.74. The zero-order valence-electron chi connectivity index (χ0n) is 9.62. The molecular formula is C13H11BrN4. The number of benzene rings is 1. The number of alkyl halides is 1. The van der Waals surface area contributed by atoms with Crippen LogP contribution in [0.25, 0.3) is 16.6 Å². The molecule has 90 valence electrons. The van der Waals surface area contributed by atoms with Crippen molar-refractivity contribution in [2.45, 2.75) is 6.42 Å². The lowest BCUT2D eigenvalue weighted by molar-refractivity contribution is 0.799. The Morgan fingerprint density at radius 1 is 1.22 bits per heavy atom. The molecule has 5 heteroatoms. The lowest BCUT2D eigenvalue weighted by Gasteiger charge is -2.01. The number of aromatic nitrogens is 4. The molecule has 0 fully saturated rings. The first-order valence-electron chi connectivity index (χ1n) is 5.69. The van der Waals surface area contributed by atoms with Gasteiger partial charge in [0.25, 0.3) is 0 Å². The Morgan fingerprint density at radius 2 is 2.17 bits per heavy atom. The largest absolute Gasteiger partial charge is 0.256 e. The number of pyridine rings is 1. The molecule has 0 aliphatic carbocycles. The lowest BCUT2D eigenvalue weighted by Crippen LogP contribution is -1.94. The molecule has 0 spiro atoms. The van der Waals surface area contributed by atoms with E-state index in [0.29, 0.717) is 0 Å². The number of hydrogen-bond donors (Lipinski definition) is 0. The van der Waals surface area contributed by atoms with E-state index < -0.39 is 0 Å². The van der Waals surface area contributed by atoms with E-state index in [1.165, 1.54) is 0 Å². The van der Waals surface area contributed by atoms with E-state index in [1.807, 2.05) is 30.5 Å². The fourth-order valence-corrected chi connectivity index (χ4v) is 2.25. The van der Waals surface area contributed by atoms with E-state index in [4.69, 9.17) is 0 Å². The zero-order valence-corrected chi connectivity index (χ0v) is 11.2. The van der Waals surface area contributed by atoms with Gasteiger partial charge in [0.05, 0.1) is 23.1 Å². The van der Waals surface area contributed by atoms with Crippen LogP contribution in [0.3, 0.4) is 0 Å². The van der Waals surface area contributed by atoms with Gasteiger partial charge in [-0.15, -0.1) is 5.10 Å². The summed E-state index contributed by atoms with van der Waals surface area (Å²) in [6.07, 6.45) is 4.64. The van der Waals surface area contributed by atoms with Gasteiger partial charge in [0.15, 0.2) is 0 Å². The van der Waals surface area contributed by atoms with Gasteiger partial charge in [-0.05, 0) is 24.3 Å². The standard InChI is InChI=1S/C13H11BrN4/c14-6-5-11-9-18(17-16-11)12-3-4-13-10(8-12)2-1-7-15-13/h1-4,7-9H,5-6H2. The van der Waals surface area contributed by atoms with Gasteiger partial charge in [0, 0.05) is 23.3 Å². The van der Waals surface area contributed by atoms with Crippen molar-refractivity contribution in [2.75, 3.05) is 5.33 Å². The van der Waals surface area contributed by atoms with E-state index in [2.05, 4.69) is 37.3 Å². The van der Waals surface area contributed by atoms with Crippen molar-refractivity contribution < 1.29 is 0 Å². The Bertz CT molecular complexity index is 677. The normalized spacial score (nSPS) is 10.9. The molecule has 0 aliphatic heterocycles. The summed E-state index contributed by atoms with van der Waals surface area (Å²) in [4.78, 5) is 4.30. The van der Waals surface area contributed by atoms with Crippen LogP contribution >= 0.6 is 15.9 Å². The van der Waals surface area contributed by atoms with Crippen molar-refractivity contribution in [3.8, 4) is 5.69 Å². The number of aryl methyl sites for hydroxylation is 1. The molecule has 0 aliphatic rings. The Kier molecular flexibility index (Phi) is 3.06. The molecule has 2 heterocycles. The number of nitrogens with zero attached hydrogens (tertiary/aromatic N) is 4. The van der Waals surface area contributed by atoms with E-state index in [1.54, 1.807) is 10.9 Å². The number of hydrogen-bond acceptors (Lipinski definition) is 3. The fourth-order valence-electron chi connectivity index (χ4n) is 1.84. The van der Waals surface area contributed by atoms with Crippen molar-refractivity contribution in [2.24, 2.45) is 0 Å². The highest BCUT2D eigenvalue weighted by Crippen LogP contribution is 2.16. The zero-order chi connectivity index (χ0) is 12.4. The first-order valence-corrected chi connectivity index (χ1v) is 6.81. The van der Waals surface area contributed by atoms with E-state index in [9.17, 15) is 0 Å². The molecule has 1 aromatic carbocycles. The van der Waals surface area contributed by atoms with Gasteiger partial charge < -0.3 is 0 Å². The number of rotatable bonds is 3. The van der Waals surface area contributed by atoms with Gasteiger partial charge in [-0.25, -0.2) is 4.68 Å². The Hall–Kier alpha value is -1.75. The van der Waals surface area contributed by atoms with Crippen LogP contribution in [-0.2, 0) is 6.42 Å². The van der Waals surface area contributed by atoms with Crippen LogP contribution in [0.15, 0.2) is 42.7 Å². The highest BCUT2D eigenvalue weighted by Gasteiger charge is 2.03. The highest BCUT2D eigenvalue weighted by atomic mass is 79.9. The number of fused-ring (bicyclic) bond motifs is 1. The van der Waals surface area contributed by atoms with Crippen LogP contribution in [0.4, 0.5) is 0 Å². The third-order valence-corrected chi connectivity index (χ3v) is 3.14. The second kappa shape index (κ2) is 4.86. The molecule has 0 N–H and O–H groups in total. The predicted molar refractivity (Wildman–Crippen MR) is 74.2 cm³/mol. The summed E-state index contributed by atoms with van der Waals surface area (Å²) in [5, 5.41) is 10.3. The minimum Gasteiger partial charge on any atom is -0.256 e. The molecule has 2 aromatic heterocycles. The monoisotopic (exact) mass is 302 g/mol. The van der Waals surface area contributed by atoms with Crippen LogP contribution in [0.5, 0.6) is 0 Å². The average molecular weight is 303 g/mol. The first-order chi connectivity index (χ1) is 8.86. The summed E-state index contributed by atoms with van der Waals surface area (Å²) in [6.45, 7) is 0. The van der Waals surface area contributed by atoms with Crippen molar-refractivity contribution in [1.82, 2.24) is 20.0 Å². The van der Waals surface area contributed by atoms with Crippen LogP contribution in [0, 0.1) is 0 Å². The van der Waals surface area contributed by atoms with Crippen LogP contribution in [0.1, 0.15) is 5.69 Å². The molecule has 3 aromatic rings. The van der Waals surface area contributed by atoms with E-state index >= 15 is 0 Å². The van der Waals surface area contributed by atoms with E-state index in [-0.39, 0.29) is 0 Å². The van der Waals surface area contributed by atoms with Gasteiger partial charge in [-0.3, -0.25) is 4.98 Å². The van der Waals surface area contributed by atoms with Gasteiger partial charge in [0.2, 0.25) is 0 Å². The highest BCUT2D eigenvalue weighted by molar-refractivity contribution is 9.09. The predicted octanol–water partition coefficient (Wildman–Crippen LogP) is 2.75. The van der Waals surface area contributed by atoms with Crippen molar-refractivity contribution in [3.63, 3.8) is 0 Å². The SMILES string of the molecule is BrCCc1cn(-c2ccc3ncccc3c2)nn1. The van der Waals surface area contributed by atoms with Crippen LogP contribution in [0.2, 0.25) is 0 Å². The quantitative estimate of drug-likeness (QED) is 0.699. The summed E-state index contributed by atoms with van der Waals surface area (Å²) < 4.78 is 1.80. The van der Waals surface area contributed by atoms with E-state index in [0.717, 1.165) is 34.0 Å². The lowest BCUT2D eigenvalue weighted by atomic mass is 10.2. The van der Waals surface area contributed by atoms with Gasteiger partial charge in [0.1, 0.15) is 0 Å². The molecule has 0 atom stereocenters. The number of halogens is 1. The van der Waals surface area contributed by atoms with Gasteiger partial charge in [-0.1, -0.05) is 27.2 Å². The summed E-state index contributed by atoms with van der Waals surface area (Å²) in [5.74, 6) is 0. The molecule has 0 unspecified atom stereocenters. The maximum Gasteiger partial charge on any atom is 0.0840 e. The first kappa shape index (κ1) is 11.3. The summed E-state index contributed by atoms with van der Waals surface area (Å²) in [5.41, 5.74) is 2.98. The molecule has 4 nitrogen and oxygen atoms in total. The Labute approximate surface area is 113 Å². The molecular weight excluding hydrogens is 292 g/mol. The summed E-state index contributed by atoms with van der Waals surface area (Å²) in [7, 11) is 0. The molecule has 0 saturated heterocycles. The summed E-state index contributed by atoms with van der Waals surface area (Å²) >= 11 is 3.40. The molecule has 0 radical (unpaired) electrons. The maximum atomic E-state index is 4.30. The molecule has 0 bridgehead atoms. The fraction of sp³-hybridized carbons (Fsp3) is 0.154. The minimum atomic E-state index is 0.884. The van der Waals surface area contributed by atoms with Crippen LogP contribution < -0.4 is 0 Å². The van der Waals surface area contributed by atoms with Crippen molar-refractivity contribution in [3.05, 3.63) is 48.4 Å². The second-order valence-electron chi connectivity index (χ2n) is 3.97. The van der Waals surface area contributed by atoms with Crippen molar-refractivity contribution >= 4 is 26.8 Å². The Morgan fingerprint density at radius 3 is 3.06 bits per heavy atom. The topological polar surface area (TPSA) is 43.6 Å². The average Bonchev–Trinajstić information content (AvgIpc) is 2.87. The molecule has 0 amide bonds. The third kappa shape index (κ3) is 2.13. The smallest absolute Gasteiger partial charge is 0.0840 e. The van der Waals surface area contributed by atoms with Gasteiger partial charge >= 0.3 is 0 Å². The minimum absolute atomic E-state index is 0.884.